The molecule has 0 fully saturated rings. The van der Waals surface area contributed by atoms with Gasteiger partial charge in [-0.15, -0.1) is 0 Å². The molecule has 0 unspecified atom stereocenters. The molecule has 0 rings (SSSR count). The zero-order chi connectivity index (χ0) is 18.6. The quantitative estimate of drug-likeness (QED) is 0.186. The van der Waals surface area contributed by atoms with Crippen molar-refractivity contribution in [1.82, 2.24) is 0 Å². The van der Waals surface area contributed by atoms with Crippen molar-refractivity contribution in [1.29, 1.82) is 0 Å². The maximum absolute atomic E-state index is 11.6. The van der Waals surface area contributed by atoms with Crippen LogP contribution in [0.4, 0.5) is 4.79 Å². The molecule has 5 heteroatoms. The van der Waals surface area contributed by atoms with Gasteiger partial charge < -0.3 is 9.47 Å². The van der Waals surface area contributed by atoms with E-state index in [0.717, 1.165) is 32.1 Å². The van der Waals surface area contributed by atoms with Crippen molar-refractivity contribution in [2.75, 3.05) is 13.2 Å². The number of carbonyl (C=O) groups excluding carboxylic acids is 2. The normalized spacial score (nSPS) is 10.4. The summed E-state index contributed by atoms with van der Waals surface area (Å²) in [4.78, 5) is 25.4. The summed E-state index contributed by atoms with van der Waals surface area (Å²) in [5.74, 6) is -0.124. The lowest BCUT2D eigenvalue weighted by Crippen LogP contribution is -2.06. The molecule has 0 N–H and O–H groups in total. The van der Waals surface area contributed by atoms with E-state index in [2.05, 4.69) is 18.6 Å². The number of rotatable bonds is 17. The van der Waals surface area contributed by atoms with Crippen LogP contribution in [0.5, 0.6) is 0 Å². The van der Waals surface area contributed by atoms with Gasteiger partial charge in [-0.25, -0.2) is 4.79 Å². The Labute approximate surface area is 153 Å². The van der Waals surface area contributed by atoms with Gasteiger partial charge in [-0.3, -0.25) is 4.79 Å². The maximum Gasteiger partial charge on any atom is 0.432 e. The molecule has 5 nitrogen and oxygen atoms in total. The number of carbonyl (C=O) groups is 2. The third-order valence-corrected chi connectivity index (χ3v) is 4.14. The van der Waals surface area contributed by atoms with Gasteiger partial charge in [0.15, 0.2) is 0 Å². The Hall–Kier alpha value is -1.39. The minimum atomic E-state index is -0.643. The first-order valence-corrected chi connectivity index (χ1v) is 9.99. The predicted octanol–water partition coefficient (Wildman–Crippen LogP) is 5.85. The fourth-order valence-electron chi connectivity index (χ4n) is 2.60. The Morgan fingerprint density at radius 3 is 1.76 bits per heavy atom. The number of hydrogen-bond acceptors (Lipinski definition) is 4. The largest absolute Gasteiger partial charge is 0.466 e. The highest BCUT2D eigenvalue weighted by molar-refractivity contribution is 5.72. The average Bonchev–Trinajstić information content (AvgIpc) is 2.62. The molecule has 0 saturated carbocycles. The van der Waals surface area contributed by atoms with Crippen LogP contribution in [0.15, 0.2) is 4.99 Å². The van der Waals surface area contributed by atoms with Gasteiger partial charge in [0.1, 0.15) is 0 Å². The van der Waals surface area contributed by atoms with Crippen LogP contribution in [0, 0.1) is 0 Å². The summed E-state index contributed by atoms with van der Waals surface area (Å²) >= 11 is 0. The van der Waals surface area contributed by atoms with E-state index in [-0.39, 0.29) is 5.97 Å². The molecule has 0 aromatic heterocycles. The van der Waals surface area contributed by atoms with Gasteiger partial charge >= 0.3 is 12.1 Å². The Balaban J connectivity index is 3.20. The fraction of sp³-hybridized carbons (Fsp3) is 0.850. The van der Waals surface area contributed by atoms with E-state index in [1.807, 2.05) is 0 Å². The molecule has 0 aliphatic heterocycles. The van der Waals surface area contributed by atoms with Crippen molar-refractivity contribution >= 4 is 18.8 Å². The van der Waals surface area contributed by atoms with Crippen LogP contribution in [-0.4, -0.2) is 32.0 Å². The van der Waals surface area contributed by atoms with Crippen molar-refractivity contribution in [2.45, 2.75) is 96.8 Å². The van der Waals surface area contributed by atoms with Crippen molar-refractivity contribution < 1.29 is 19.1 Å². The zero-order valence-electron chi connectivity index (χ0n) is 16.1. The molecule has 0 spiro atoms. The maximum atomic E-state index is 11.6. The molecule has 0 atom stereocenters. The molecule has 0 heterocycles. The van der Waals surface area contributed by atoms with Crippen LogP contribution in [0.2, 0.25) is 0 Å². The molecule has 0 radical (unpaired) electrons. The van der Waals surface area contributed by atoms with Gasteiger partial charge in [-0.2, -0.15) is 4.99 Å². The fourth-order valence-corrected chi connectivity index (χ4v) is 2.60. The van der Waals surface area contributed by atoms with Gasteiger partial charge in [-0.05, 0) is 32.4 Å². The van der Waals surface area contributed by atoms with E-state index in [4.69, 9.17) is 9.47 Å². The molecule has 0 aromatic rings. The molecule has 0 aliphatic rings. The van der Waals surface area contributed by atoms with E-state index in [1.165, 1.54) is 51.4 Å². The molecule has 146 valence electrons. The highest BCUT2D eigenvalue weighted by atomic mass is 16.5. The Kier molecular flexibility index (Phi) is 17.9. The first-order valence-electron chi connectivity index (χ1n) is 9.99. The first kappa shape index (κ1) is 23.6. The lowest BCUT2D eigenvalue weighted by atomic mass is 10.1. The van der Waals surface area contributed by atoms with E-state index < -0.39 is 6.09 Å². The summed E-state index contributed by atoms with van der Waals surface area (Å²) in [5, 5.41) is 0. The summed E-state index contributed by atoms with van der Waals surface area (Å²) in [5.41, 5.74) is 0. The van der Waals surface area contributed by atoms with Gasteiger partial charge in [0.25, 0.3) is 0 Å². The number of unbranched alkanes of at least 4 members (excludes halogenated alkanes) is 11. The molecule has 0 bridgehead atoms. The lowest BCUT2D eigenvalue weighted by Gasteiger charge is -2.05. The second-order valence-electron chi connectivity index (χ2n) is 6.49. The number of ether oxygens (including phenoxy) is 2. The molecular formula is C20H37NO4. The van der Waals surface area contributed by atoms with Crippen molar-refractivity contribution in [3.63, 3.8) is 0 Å². The first-order chi connectivity index (χ1) is 12.2. The van der Waals surface area contributed by atoms with Crippen LogP contribution < -0.4 is 0 Å². The number of amides is 1. The topological polar surface area (TPSA) is 65.0 Å². The molecule has 0 aromatic carbocycles. The number of esters is 1. The van der Waals surface area contributed by atoms with Gasteiger partial charge in [0, 0.05) is 6.42 Å². The number of aliphatic imine (C=N–C) groups is 1. The lowest BCUT2D eigenvalue weighted by molar-refractivity contribution is -0.143. The second kappa shape index (κ2) is 18.9. The molecule has 25 heavy (non-hydrogen) atoms. The second-order valence-corrected chi connectivity index (χ2v) is 6.49. The van der Waals surface area contributed by atoms with Crippen molar-refractivity contribution in [3.8, 4) is 0 Å². The molecule has 1 amide bonds. The smallest absolute Gasteiger partial charge is 0.432 e. The predicted molar refractivity (Wildman–Crippen MR) is 102 cm³/mol. The minimum Gasteiger partial charge on any atom is -0.466 e. The van der Waals surface area contributed by atoms with Crippen molar-refractivity contribution in [3.05, 3.63) is 0 Å². The third-order valence-electron chi connectivity index (χ3n) is 4.14. The SMILES string of the molecule is C=NC(=O)OCCCCCC(=O)OCCCCCCCCCCCC. The van der Waals surface area contributed by atoms with Crippen LogP contribution >= 0.6 is 0 Å². The van der Waals surface area contributed by atoms with Gasteiger partial charge in [0.05, 0.1) is 13.2 Å². The Morgan fingerprint density at radius 2 is 1.20 bits per heavy atom. The summed E-state index contributed by atoms with van der Waals surface area (Å²) < 4.78 is 9.99. The number of hydrogen-bond donors (Lipinski definition) is 0. The highest BCUT2D eigenvalue weighted by Gasteiger charge is 2.03. The Morgan fingerprint density at radius 1 is 0.720 bits per heavy atom. The van der Waals surface area contributed by atoms with Crippen LogP contribution in [-0.2, 0) is 14.3 Å². The summed E-state index contributed by atoms with van der Waals surface area (Å²) in [6.45, 7) is 6.19. The van der Waals surface area contributed by atoms with E-state index in [1.54, 1.807) is 0 Å². The van der Waals surface area contributed by atoms with Crippen LogP contribution in [0.3, 0.4) is 0 Å². The van der Waals surface area contributed by atoms with E-state index >= 15 is 0 Å². The average molecular weight is 356 g/mol. The standard InChI is InChI=1S/C20H37NO4/c1-3-4-5-6-7-8-9-10-11-14-17-24-19(22)16-13-12-15-18-25-20(23)21-2/h2-18H2,1H3. The molecular weight excluding hydrogens is 318 g/mol. The van der Waals surface area contributed by atoms with Gasteiger partial charge in [0.2, 0.25) is 0 Å². The molecule has 0 saturated heterocycles. The summed E-state index contributed by atoms with van der Waals surface area (Å²) in [6, 6.07) is 0. The third kappa shape index (κ3) is 18.8. The summed E-state index contributed by atoms with van der Waals surface area (Å²) in [7, 11) is 0. The van der Waals surface area contributed by atoms with Gasteiger partial charge in [-0.1, -0.05) is 64.7 Å². The zero-order valence-corrected chi connectivity index (χ0v) is 16.1. The van der Waals surface area contributed by atoms with E-state index in [0.29, 0.717) is 19.6 Å². The monoisotopic (exact) mass is 355 g/mol. The highest BCUT2D eigenvalue weighted by Crippen LogP contribution is 2.10. The Bertz CT molecular complexity index is 345. The van der Waals surface area contributed by atoms with Crippen LogP contribution in [0.25, 0.3) is 0 Å². The van der Waals surface area contributed by atoms with Crippen molar-refractivity contribution in [2.24, 2.45) is 4.99 Å². The van der Waals surface area contributed by atoms with Crippen LogP contribution in [0.1, 0.15) is 96.8 Å². The summed E-state index contributed by atoms with van der Waals surface area (Å²) in [6.07, 6.45) is 14.9. The van der Waals surface area contributed by atoms with E-state index in [9.17, 15) is 9.59 Å². The molecule has 0 aliphatic carbocycles. The minimum absolute atomic E-state index is 0.124. The number of nitrogens with zero attached hydrogens (tertiary/aromatic N) is 1.